The molecule has 2 aromatic carbocycles. The highest BCUT2D eigenvalue weighted by Gasteiger charge is 2.26. The van der Waals surface area contributed by atoms with Gasteiger partial charge in [0.25, 0.3) is 5.91 Å². The van der Waals surface area contributed by atoms with E-state index in [0.717, 1.165) is 0 Å². The fourth-order valence-electron chi connectivity index (χ4n) is 4.51. The summed E-state index contributed by atoms with van der Waals surface area (Å²) in [6.45, 7) is 5.33. The van der Waals surface area contributed by atoms with E-state index < -0.39 is 5.82 Å². The van der Waals surface area contributed by atoms with Crippen LogP contribution < -0.4 is 21.1 Å². The second-order valence-electron chi connectivity index (χ2n) is 9.08. The zero-order valence-electron chi connectivity index (χ0n) is 20.8. The smallest absolute Gasteiger partial charge is 0.253 e. The molecule has 1 aliphatic rings. The molecule has 4 rings (SSSR count). The molecular formula is C26H27Cl2FN6O3. The first-order chi connectivity index (χ1) is 18.2. The van der Waals surface area contributed by atoms with Crippen molar-refractivity contribution in [3.05, 3.63) is 63.4 Å². The van der Waals surface area contributed by atoms with E-state index in [2.05, 4.69) is 20.8 Å². The van der Waals surface area contributed by atoms with Gasteiger partial charge in [-0.3, -0.25) is 9.59 Å². The van der Waals surface area contributed by atoms with Gasteiger partial charge in [-0.2, -0.15) is 0 Å². The molecule has 0 aliphatic carbocycles. The molecule has 0 radical (unpaired) electrons. The van der Waals surface area contributed by atoms with Gasteiger partial charge in [0.2, 0.25) is 6.41 Å². The average Bonchev–Trinajstić information content (AvgIpc) is 2.89. The van der Waals surface area contributed by atoms with Crippen LogP contribution in [0.5, 0.6) is 5.75 Å². The van der Waals surface area contributed by atoms with Crippen molar-refractivity contribution >= 4 is 47.2 Å². The van der Waals surface area contributed by atoms with Crippen molar-refractivity contribution in [1.82, 2.24) is 20.4 Å². The van der Waals surface area contributed by atoms with Crippen LogP contribution in [0.3, 0.4) is 0 Å². The van der Waals surface area contributed by atoms with Crippen molar-refractivity contribution in [2.75, 3.05) is 30.7 Å². The van der Waals surface area contributed by atoms with Crippen molar-refractivity contribution in [1.29, 1.82) is 0 Å². The van der Waals surface area contributed by atoms with Crippen molar-refractivity contribution < 1.29 is 18.7 Å². The summed E-state index contributed by atoms with van der Waals surface area (Å²) in [7, 11) is 0. The Morgan fingerprint density at radius 1 is 1.18 bits per heavy atom. The number of carbonyl (C=O) groups is 2. The Bertz CT molecular complexity index is 1330. The molecule has 0 bridgehead atoms. The number of nitrogen functional groups attached to an aromatic ring is 1. The predicted molar refractivity (Wildman–Crippen MR) is 145 cm³/mol. The van der Waals surface area contributed by atoms with Crippen LogP contribution in [0, 0.1) is 5.82 Å². The number of aromatic nitrogens is 2. The first kappa shape index (κ1) is 27.6. The summed E-state index contributed by atoms with van der Waals surface area (Å²) in [6, 6.07) is 9.85. The maximum atomic E-state index is 13.9. The first-order valence-corrected chi connectivity index (χ1v) is 12.7. The topological polar surface area (TPSA) is 122 Å². The number of hydrogen-bond donors (Lipinski definition) is 3. The van der Waals surface area contributed by atoms with Crippen molar-refractivity contribution in [2.45, 2.75) is 32.4 Å². The number of anilines is 2. The maximum Gasteiger partial charge on any atom is 0.253 e. The number of piperazine rings is 1. The van der Waals surface area contributed by atoms with Crippen molar-refractivity contribution in [3.63, 3.8) is 0 Å². The third-order valence-corrected chi connectivity index (χ3v) is 6.92. The van der Waals surface area contributed by atoms with Crippen LogP contribution in [-0.2, 0) is 11.2 Å². The molecule has 1 aromatic heterocycles. The molecule has 3 aromatic rings. The van der Waals surface area contributed by atoms with Gasteiger partial charge in [-0.15, -0.1) is 10.2 Å². The van der Waals surface area contributed by atoms with Crippen LogP contribution in [0.4, 0.5) is 16.0 Å². The van der Waals surface area contributed by atoms with E-state index in [1.165, 1.54) is 12.1 Å². The Labute approximate surface area is 229 Å². The quantitative estimate of drug-likeness (QED) is 0.279. The van der Waals surface area contributed by atoms with E-state index in [9.17, 15) is 14.0 Å². The minimum atomic E-state index is -0.589. The van der Waals surface area contributed by atoms with E-state index in [0.29, 0.717) is 46.8 Å². The van der Waals surface area contributed by atoms with Gasteiger partial charge in [-0.1, -0.05) is 35.3 Å². The summed E-state index contributed by atoms with van der Waals surface area (Å²) < 4.78 is 19.9. The summed E-state index contributed by atoms with van der Waals surface area (Å²) in [5.41, 5.74) is 7.97. The zero-order chi connectivity index (χ0) is 27.4. The lowest BCUT2D eigenvalue weighted by atomic mass is 10.0. The molecule has 1 fully saturated rings. The normalized spacial score (nSPS) is 17.2. The molecule has 200 valence electrons. The average molecular weight is 561 g/mol. The van der Waals surface area contributed by atoms with Gasteiger partial charge in [-0.25, -0.2) is 4.39 Å². The summed E-state index contributed by atoms with van der Waals surface area (Å²) in [6.07, 6.45) is 0.645. The monoisotopic (exact) mass is 560 g/mol. The Kier molecular flexibility index (Phi) is 8.65. The fraction of sp³-hybridized carbons (Fsp3) is 0.308. The molecular weight excluding hydrogens is 534 g/mol. The van der Waals surface area contributed by atoms with Crippen LogP contribution in [0.15, 0.2) is 36.4 Å². The van der Waals surface area contributed by atoms with Crippen molar-refractivity contribution in [2.24, 2.45) is 0 Å². The first-order valence-electron chi connectivity index (χ1n) is 12.0. The van der Waals surface area contributed by atoms with Gasteiger partial charge in [0.1, 0.15) is 5.82 Å². The molecule has 0 unspecified atom stereocenters. The number of halogens is 3. The van der Waals surface area contributed by atoms with E-state index in [1.54, 1.807) is 24.3 Å². The van der Waals surface area contributed by atoms with Crippen LogP contribution in [0.1, 0.15) is 29.8 Å². The Morgan fingerprint density at radius 2 is 1.87 bits per heavy atom. The summed E-state index contributed by atoms with van der Waals surface area (Å²) in [4.78, 5) is 26.2. The van der Waals surface area contributed by atoms with Gasteiger partial charge >= 0.3 is 0 Å². The molecule has 0 saturated carbocycles. The largest absolute Gasteiger partial charge is 0.488 e. The molecule has 0 spiro atoms. The highest BCUT2D eigenvalue weighted by atomic mass is 35.5. The molecule has 2 amide bonds. The molecule has 38 heavy (non-hydrogen) atoms. The minimum absolute atomic E-state index is 0.0168. The highest BCUT2D eigenvalue weighted by Crippen LogP contribution is 2.39. The highest BCUT2D eigenvalue weighted by molar-refractivity contribution is 6.36. The van der Waals surface area contributed by atoms with E-state index in [4.69, 9.17) is 33.7 Å². The molecule has 9 nitrogen and oxygen atoms in total. The third kappa shape index (κ3) is 5.98. The lowest BCUT2D eigenvalue weighted by Gasteiger charge is -2.36. The van der Waals surface area contributed by atoms with Crippen molar-refractivity contribution in [3.8, 4) is 16.9 Å². The van der Waals surface area contributed by atoms with Gasteiger partial charge in [0.05, 0.1) is 17.2 Å². The third-order valence-electron chi connectivity index (χ3n) is 6.15. The lowest BCUT2D eigenvalue weighted by molar-refractivity contribution is -0.105. The summed E-state index contributed by atoms with van der Waals surface area (Å²) in [5, 5.41) is 14.0. The molecule has 1 saturated heterocycles. The number of carbonyl (C=O) groups excluding carboxylic acids is 2. The second-order valence-corrected chi connectivity index (χ2v) is 9.86. The number of hydrogen-bond acceptors (Lipinski definition) is 7. The van der Waals surface area contributed by atoms with Crippen LogP contribution in [0.25, 0.3) is 11.1 Å². The number of nitrogens with zero attached hydrogens (tertiary/aromatic N) is 3. The molecule has 2 atom stereocenters. The fourth-order valence-corrected chi connectivity index (χ4v) is 5.07. The molecule has 2 heterocycles. The molecule has 1 aliphatic heterocycles. The summed E-state index contributed by atoms with van der Waals surface area (Å²) >= 11 is 12.3. The van der Waals surface area contributed by atoms with E-state index >= 15 is 0 Å². The van der Waals surface area contributed by atoms with E-state index in [-0.39, 0.29) is 53.4 Å². The Morgan fingerprint density at radius 3 is 2.53 bits per heavy atom. The lowest BCUT2D eigenvalue weighted by Crippen LogP contribution is -2.55. The number of nitrogens with one attached hydrogen (secondary N) is 2. The number of ether oxygens (including phenoxy) is 1. The maximum absolute atomic E-state index is 13.9. The summed E-state index contributed by atoms with van der Waals surface area (Å²) in [5.74, 6) is -0.395. The minimum Gasteiger partial charge on any atom is -0.488 e. The number of benzene rings is 2. The van der Waals surface area contributed by atoms with Gasteiger partial charge < -0.3 is 26.0 Å². The zero-order valence-corrected chi connectivity index (χ0v) is 22.3. The second kappa shape index (κ2) is 11.9. The Hall–Kier alpha value is -3.47. The van der Waals surface area contributed by atoms with Gasteiger partial charge in [0, 0.05) is 42.2 Å². The van der Waals surface area contributed by atoms with E-state index in [1.807, 2.05) is 18.7 Å². The van der Waals surface area contributed by atoms with Crippen LogP contribution in [-0.4, -0.2) is 59.2 Å². The number of nitrogens with two attached hydrogens (primary N) is 1. The number of amides is 2. The van der Waals surface area contributed by atoms with Crippen LogP contribution >= 0.6 is 23.2 Å². The standard InChI is InChI=1S/C26H27Cl2FN6O3/c1-14-11-35(12-15(2)32-14)26(37)17-5-3-16(4-6-17)21-23(24(30)33-34-25(21)31-13-36)38-10-9-18-19(27)7-8-20(29)22(18)28/h3-8,13-15,32H,9-12H2,1-2H3,(H2,30,33)(H,31,34,36)/t14-,15+. The Balaban J connectivity index is 1.61. The van der Waals surface area contributed by atoms with Gasteiger partial charge in [0.15, 0.2) is 17.4 Å². The number of rotatable bonds is 8. The SMILES string of the molecule is C[C@@H]1CN(C(=O)c2ccc(-c3c(NC=O)nnc(N)c3OCCc3c(Cl)ccc(F)c3Cl)cc2)C[C@H](C)N1. The predicted octanol–water partition coefficient (Wildman–Crippen LogP) is 4.18. The van der Waals surface area contributed by atoms with Gasteiger partial charge in [-0.05, 0) is 49.2 Å². The van der Waals surface area contributed by atoms with Crippen LogP contribution in [0.2, 0.25) is 10.0 Å². The molecule has 12 heteroatoms. The molecule has 4 N–H and O–H groups in total.